The van der Waals surface area contributed by atoms with Gasteiger partial charge >= 0.3 is 12.1 Å². The first-order chi connectivity index (χ1) is 35.6. The number of quaternary nitrogens is 1. The molecule has 0 aromatic heterocycles. The highest BCUT2D eigenvalue weighted by Crippen LogP contribution is 2.39. The number of carbonyl (C=O) groups is 7. The highest BCUT2D eigenvalue weighted by Gasteiger charge is 2.36. The molecule has 4 bridgehead atoms. The Labute approximate surface area is 432 Å². The SMILES string of the molecule is CCCCCCCCCc1ccc(-c2ccc(C(=O)NCCC(=O)N[C@@H](CCCC[NH3+])C(=O)N(C)[C@@H]3C(=O)N[C@@H](C)C(=O)N[C@H](C(=O)O)Cc4ccc(O)c(c4)-c4cc3ccc4O)c(F)c2)cc1.O=C([O-])C(F)(F)F. The minimum Gasteiger partial charge on any atom is -0.542 e. The van der Waals surface area contributed by atoms with E-state index in [0.717, 1.165) is 23.3 Å². The molecule has 4 aromatic rings. The smallest absolute Gasteiger partial charge is 0.430 e. The maximum absolute atomic E-state index is 15.4. The molecule has 0 radical (unpaired) electrons. The van der Waals surface area contributed by atoms with Crippen molar-refractivity contribution >= 4 is 41.5 Å². The molecule has 5 amide bonds. The topological polar surface area (TPSA) is 282 Å². The Morgan fingerprint density at radius 3 is 2.04 bits per heavy atom. The van der Waals surface area contributed by atoms with E-state index in [4.69, 9.17) is 9.90 Å². The van der Waals surface area contributed by atoms with Gasteiger partial charge in [-0.3, -0.25) is 24.0 Å². The van der Waals surface area contributed by atoms with E-state index < -0.39 is 77.6 Å². The standard InChI is InChI=1S/C52H65FN6O9.C2HF3O2/c1-4-5-6-7-8-9-10-13-33-15-18-35(19-16-33)36-20-22-38(41(53)31-36)49(64)55-27-25-46(62)57-42(14-11-12-26-54)51(66)59(3)47-37-21-24-45(61)40(30-37)39-28-34(17-23-44(39)60)29-43(52(67)68)58-48(63)32(2)56-50(47)65;3-2(4,5)1(6)7/h15-24,28,30-32,42-43,47,60-61H,4-14,25-27,29,54H2,1-3H3,(H,55,64)(H,56,65)(H,57,62)(H,58,63)(H,67,68);(H,6,7)/t32-,42-,43-,47-;/m0./s1. The van der Waals surface area contributed by atoms with Crippen LogP contribution in [0.3, 0.4) is 0 Å². The van der Waals surface area contributed by atoms with Gasteiger partial charge < -0.3 is 57.1 Å². The van der Waals surface area contributed by atoms with Gasteiger partial charge in [0, 0.05) is 37.6 Å². The zero-order valence-corrected chi connectivity index (χ0v) is 42.2. The van der Waals surface area contributed by atoms with Crippen molar-refractivity contribution in [1.29, 1.82) is 0 Å². The molecular formula is C54H66F4N6O11. The van der Waals surface area contributed by atoms with E-state index in [-0.39, 0.29) is 59.6 Å². The van der Waals surface area contributed by atoms with Crippen LogP contribution < -0.4 is 32.1 Å². The minimum atomic E-state index is -5.19. The third-order valence-corrected chi connectivity index (χ3v) is 12.5. The molecule has 21 heteroatoms. The first-order valence-electron chi connectivity index (χ1n) is 24.8. The average molecular weight is 1050 g/mol. The van der Waals surface area contributed by atoms with E-state index in [0.29, 0.717) is 30.5 Å². The fraction of sp³-hybridized carbons (Fsp3) is 0.426. The van der Waals surface area contributed by atoms with Crippen LogP contribution in [0.1, 0.15) is 118 Å². The van der Waals surface area contributed by atoms with E-state index in [2.05, 4.69) is 33.9 Å². The fourth-order valence-electron chi connectivity index (χ4n) is 8.34. The lowest BCUT2D eigenvalue weighted by molar-refractivity contribution is -0.368. The lowest BCUT2D eigenvalue weighted by Crippen LogP contribution is -2.55. The molecule has 0 saturated carbocycles. The number of benzene rings is 4. The number of aliphatic carboxylic acids is 2. The minimum absolute atomic E-state index is 0.0820. The normalized spacial score (nSPS) is 15.9. The Kier molecular flexibility index (Phi) is 23.0. The van der Waals surface area contributed by atoms with Gasteiger partial charge in [-0.1, -0.05) is 87.9 Å². The van der Waals surface area contributed by atoms with Gasteiger partial charge in [0.1, 0.15) is 47.5 Å². The number of rotatable bonds is 21. The molecule has 17 nitrogen and oxygen atoms in total. The largest absolute Gasteiger partial charge is 0.542 e. The molecule has 0 fully saturated rings. The fourth-order valence-corrected chi connectivity index (χ4v) is 8.34. The number of amides is 5. The Bertz CT molecular complexity index is 2630. The second-order valence-electron chi connectivity index (χ2n) is 18.3. The summed E-state index contributed by atoms with van der Waals surface area (Å²) < 4.78 is 46.9. The van der Waals surface area contributed by atoms with Crippen molar-refractivity contribution in [3.63, 3.8) is 0 Å². The third kappa shape index (κ3) is 18.1. The number of fused-ring (bicyclic) bond motifs is 5. The Balaban J connectivity index is 0.00000162. The van der Waals surface area contributed by atoms with Crippen molar-refractivity contribution in [2.75, 3.05) is 20.1 Å². The first-order valence-corrected chi connectivity index (χ1v) is 24.8. The van der Waals surface area contributed by atoms with Crippen LogP contribution >= 0.6 is 0 Å². The lowest BCUT2D eigenvalue weighted by atomic mass is 9.93. The predicted molar refractivity (Wildman–Crippen MR) is 267 cm³/mol. The van der Waals surface area contributed by atoms with E-state index in [1.807, 2.05) is 24.3 Å². The molecule has 0 aliphatic carbocycles. The summed E-state index contributed by atoms with van der Waals surface area (Å²) in [5.41, 5.74) is 7.11. The molecule has 5 rings (SSSR count). The van der Waals surface area contributed by atoms with Crippen LogP contribution in [-0.4, -0.2) is 106 Å². The molecule has 0 saturated heterocycles. The van der Waals surface area contributed by atoms with Gasteiger partial charge in [-0.15, -0.1) is 0 Å². The molecule has 0 unspecified atom stereocenters. The van der Waals surface area contributed by atoms with Gasteiger partial charge in [0.2, 0.25) is 23.6 Å². The number of unbranched alkanes of at least 4 members (excludes halogenated alkanes) is 7. The van der Waals surface area contributed by atoms with Crippen molar-refractivity contribution in [1.82, 2.24) is 26.2 Å². The molecule has 75 heavy (non-hydrogen) atoms. The summed E-state index contributed by atoms with van der Waals surface area (Å²) >= 11 is 0. The Hall–Kier alpha value is -7.55. The number of halogens is 4. The Morgan fingerprint density at radius 1 is 0.813 bits per heavy atom. The van der Waals surface area contributed by atoms with Crippen molar-refractivity contribution in [2.45, 2.75) is 128 Å². The molecule has 1 aliphatic rings. The summed E-state index contributed by atoms with van der Waals surface area (Å²) in [4.78, 5) is 90.4. The monoisotopic (exact) mass is 1050 g/mol. The molecule has 1 aliphatic heterocycles. The average Bonchev–Trinajstić information content (AvgIpc) is 3.36. The Morgan fingerprint density at radius 2 is 1.43 bits per heavy atom. The van der Waals surface area contributed by atoms with Crippen molar-refractivity contribution in [2.24, 2.45) is 0 Å². The van der Waals surface area contributed by atoms with E-state index in [1.165, 1.54) is 107 Å². The number of phenols is 2. The van der Waals surface area contributed by atoms with Crippen LogP contribution in [0.4, 0.5) is 17.6 Å². The number of aryl methyl sites for hydroxylation is 1. The lowest BCUT2D eigenvalue weighted by Gasteiger charge is -2.32. The van der Waals surface area contributed by atoms with Crippen LogP contribution in [-0.2, 0) is 41.6 Å². The molecule has 1 heterocycles. The van der Waals surface area contributed by atoms with Crippen molar-refractivity contribution in [3.05, 3.63) is 107 Å². The van der Waals surface area contributed by atoms with E-state index >= 15 is 4.39 Å². The number of alkyl halides is 3. The van der Waals surface area contributed by atoms with Gasteiger partial charge in [-0.2, -0.15) is 13.2 Å². The maximum Gasteiger partial charge on any atom is 0.430 e. The third-order valence-electron chi connectivity index (χ3n) is 12.5. The number of hydrogen-bond acceptors (Lipinski definition) is 10. The zero-order chi connectivity index (χ0) is 55.4. The molecule has 4 atom stereocenters. The quantitative estimate of drug-likeness (QED) is 0.0406. The number of nitrogens with one attached hydrogen (secondary N) is 4. The highest BCUT2D eigenvalue weighted by atomic mass is 19.4. The molecule has 406 valence electrons. The van der Waals surface area contributed by atoms with Crippen LogP contribution in [0.15, 0.2) is 78.9 Å². The van der Waals surface area contributed by atoms with Crippen molar-refractivity contribution < 1.29 is 77.3 Å². The first kappa shape index (κ1) is 60.0. The number of carbonyl (C=O) groups excluding carboxylic acids is 6. The number of carboxylic acids is 2. The zero-order valence-electron chi connectivity index (χ0n) is 42.2. The molecular weight excluding hydrogens is 985 g/mol. The van der Waals surface area contributed by atoms with Gasteiger partial charge in [-0.05, 0) is 103 Å². The van der Waals surface area contributed by atoms with Crippen LogP contribution in [0, 0.1) is 5.82 Å². The second kappa shape index (κ2) is 28.8. The summed E-state index contributed by atoms with van der Waals surface area (Å²) in [7, 11) is 1.35. The summed E-state index contributed by atoms with van der Waals surface area (Å²) in [6.07, 6.45) is 5.23. The summed E-state index contributed by atoms with van der Waals surface area (Å²) in [5, 5.41) is 50.9. The molecule has 0 spiro atoms. The van der Waals surface area contributed by atoms with Crippen LogP contribution in [0.5, 0.6) is 11.5 Å². The number of aromatic hydroxyl groups is 2. The maximum atomic E-state index is 15.4. The number of likely N-dealkylation sites (N-methyl/N-ethyl adjacent to an activating group) is 1. The number of nitrogens with zero attached hydrogens (tertiary/aromatic N) is 1. The van der Waals surface area contributed by atoms with Crippen LogP contribution in [0.25, 0.3) is 22.3 Å². The van der Waals surface area contributed by atoms with Gasteiger partial charge in [0.05, 0.1) is 12.1 Å². The van der Waals surface area contributed by atoms with Gasteiger partial charge in [0.15, 0.2) is 0 Å². The highest BCUT2D eigenvalue weighted by molar-refractivity contribution is 5.97. The number of phenolic OH excluding ortho intramolecular Hbond substituents is 2. The predicted octanol–water partition coefficient (Wildman–Crippen LogP) is 5.01. The summed E-state index contributed by atoms with van der Waals surface area (Å²) in [6.45, 7) is 3.94. The van der Waals surface area contributed by atoms with Crippen LogP contribution in [0.2, 0.25) is 0 Å². The number of hydrogen-bond donors (Lipinski definition) is 8. The van der Waals surface area contributed by atoms with Gasteiger partial charge in [-0.25, -0.2) is 9.18 Å². The van der Waals surface area contributed by atoms with E-state index in [1.54, 1.807) is 6.07 Å². The van der Waals surface area contributed by atoms with E-state index in [9.17, 15) is 57.3 Å². The molecule has 10 N–H and O–H groups in total. The van der Waals surface area contributed by atoms with Crippen molar-refractivity contribution in [3.8, 4) is 33.8 Å². The molecule has 4 aromatic carbocycles. The second-order valence-corrected chi connectivity index (χ2v) is 18.3. The van der Waals surface area contributed by atoms with Gasteiger partial charge in [0.25, 0.3) is 5.91 Å². The number of carboxylic acid groups (broad SMARTS) is 2. The summed E-state index contributed by atoms with van der Waals surface area (Å²) in [6, 6.07) is 15.5. The summed E-state index contributed by atoms with van der Waals surface area (Å²) in [5.74, 6) is -9.25.